The summed E-state index contributed by atoms with van der Waals surface area (Å²) < 4.78 is 5.37. The van der Waals surface area contributed by atoms with Gasteiger partial charge in [0.25, 0.3) is 5.91 Å². The van der Waals surface area contributed by atoms with Crippen molar-refractivity contribution in [1.29, 1.82) is 0 Å². The third-order valence-corrected chi connectivity index (χ3v) is 3.55. The molecule has 3 aromatic rings. The summed E-state index contributed by atoms with van der Waals surface area (Å²) in [4.78, 5) is 16.2. The van der Waals surface area contributed by atoms with Crippen LogP contribution < -0.4 is 5.32 Å². The molecule has 3 heterocycles. The van der Waals surface area contributed by atoms with Crippen molar-refractivity contribution in [2.45, 2.75) is 6.54 Å². The number of aromatic nitrogens is 1. The second-order valence-corrected chi connectivity index (χ2v) is 4.96. The van der Waals surface area contributed by atoms with Crippen LogP contribution in [0.25, 0.3) is 11.5 Å². The standard InChI is InChI=1S/C15H12N2O2S/c18-15(12-5-8-20-10-12)17-9-11-3-1-6-16-14(11)13-4-2-7-19-13/h1-8,10H,9H2,(H,17,18). The molecule has 3 rings (SSSR count). The lowest BCUT2D eigenvalue weighted by molar-refractivity contribution is 0.0951. The van der Waals surface area contributed by atoms with Crippen LogP contribution in [0.15, 0.2) is 58.0 Å². The number of carbonyl (C=O) groups is 1. The fraction of sp³-hybridized carbons (Fsp3) is 0.0667. The Labute approximate surface area is 120 Å². The molecule has 0 spiro atoms. The topological polar surface area (TPSA) is 55.1 Å². The van der Waals surface area contributed by atoms with Crippen molar-refractivity contribution in [1.82, 2.24) is 10.3 Å². The largest absolute Gasteiger partial charge is 0.463 e. The summed E-state index contributed by atoms with van der Waals surface area (Å²) in [5, 5.41) is 6.60. The van der Waals surface area contributed by atoms with Crippen molar-refractivity contribution in [3.8, 4) is 11.5 Å². The number of hydrogen-bond donors (Lipinski definition) is 1. The van der Waals surface area contributed by atoms with Gasteiger partial charge in [-0.1, -0.05) is 6.07 Å². The number of furan rings is 1. The molecule has 0 radical (unpaired) electrons. The molecule has 3 aromatic heterocycles. The third-order valence-electron chi connectivity index (χ3n) is 2.87. The average Bonchev–Trinajstić information content (AvgIpc) is 3.17. The summed E-state index contributed by atoms with van der Waals surface area (Å²) in [6.07, 6.45) is 3.32. The van der Waals surface area contributed by atoms with E-state index < -0.39 is 0 Å². The van der Waals surface area contributed by atoms with Crippen LogP contribution in [0, 0.1) is 0 Å². The summed E-state index contributed by atoms with van der Waals surface area (Å²) in [6.45, 7) is 0.415. The number of rotatable bonds is 4. The molecule has 1 N–H and O–H groups in total. The van der Waals surface area contributed by atoms with Gasteiger partial charge in [-0.25, -0.2) is 0 Å². The summed E-state index contributed by atoms with van der Waals surface area (Å²) in [7, 11) is 0. The van der Waals surface area contributed by atoms with Crippen molar-refractivity contribution in [2.24, 2.45) is 0 Å². The molecule has 0 saturated carbocycles. The number of nitrogens with one attached hydrogen (secondary N) is 1. The first kappa shape index (κ1) is 12.6. The number of pyridine rings is 1. The van der Waals surface area contributed by atoms with E-state index in [0.717, 1.165) is 11.3 Å². The normalized spacial score (nSPS) is 10.4. The van der Waals surface area contributed by atoms with Gasteiger partial charge in [0.2, 0.25) is 0 Å². The maximum Gasteiger partial charge on any atom is 0.252 e. The van der Waals surface area contributed by atoms with Crippen molar-refractivity contribution >= 4 is 17.2 Å². The van der Waals surface area contributed by atoms with Crippen LogP contribution in [0.2, 0.25) is 0 Å². The van der Waals surface area contributed by atoms with Gasteiger partial charge in [0.05, 0.1) is 6.26 Å². The Morgan fingerprint density at radius 1 is 1.30 bits per heavy atom. The molecule has 0 atom stereocenters. The van der Waals surface area contributed by atoms with E-state index in [2.05, 4.69) is 10.3 Å². The molecule has 5 heteroatoms. The van der Waals surface area contributed by atoms with Crippen molar-refractivity contribution in [3.05, 3.63) is 64.7 Å². The Morgan fingerprint density at radius 3 is 3.00 bits per heavy atom. The van der Waals surface area contributed by atoms with E-state index in [-0.39, 0.29) is 5.91 Å². The van der Waals surface area contributed by atoms with E-state index in [1.807, 2.05) is 35.0 Å². The van der Waals surface area contributed by atoms with Crippen LogP contribution in [0.5, 0.6) is 0 Å². The van der Waals surface area contributed by atoms with Gasteiger partial charge in [-0.2, -0.15) is 11.3 Å². The van der Waals surface area contributed by atoms with E-state index in [0.29, 0.717) is 17.9 Å². The first-order chi connectivity index (χ1) is 9.84. The highest BCUT2D eigenvalue weighted by atomic mass is 32.1. The van der Waals surface area contributed by atoms with E-state index in [9.17, 15) is 4.79 Å². The lowest BCUT2D eigenvalue weighted by Crippen LogP contribution is -2.22. The molecular weight excluding hydrogens is 272 g/mol. The van der Waals surface area contributed by atoms with Crippen molar-refractivity contribution in [3.63, 3.8) is 0 Å². The molecule has 100 valence electrons. The van der Waals surface area contributed by atoms with E-state index in [1.54, 1.807) is 18.5 Å². The van der Waals surface area contributed by atoms with Crippen LogP contribution in [0.4, 0.5) is 0 Å². The lowest BCUT2D eigenvalue weighted by atomic mass is 10.1. The zero-order valence-corrected chi connectivity index (χ0v) is 11.4. The van der Waals surface area contributed by atoms with Crippen molar-refractivity contribution < 1.29 is 9.21 Å². The van der Waals surface area contributed by atoms with Gasteiger partial charge in [0.1, 0.15) is 5.69 Å². The summed E-state index contributed by atoms with van der Waals surface area (Å²) in [6, 6.07) is 9.25. The number of thiophene rings is 1. The Morgan fingerprint density at radius 2 is 2.25 bits per heavy atom. The lowest BCUT2D eigenvalue weighted by Gasteiger charge is -2.07. The Balaban J connectivity index is 1.77. The number of hydrogen-bond acceptors (Lipinski definition) is 4. The Bertz CT molecular complexity index is 691. The predicted octanol–water partition coefficient (Wildman–Crippen LogP) is 3.33. The Hall–Kier alpha value is -2.40. The molecular formula is C15H12N2O2S. The van der Waals surface area contributed by atoms with E-state index >= 15 is 0 Å². The minimum absolute atomic E-state index is 0.0829. The van der Waals surface area contributed by atoms with Crippen LogP contribution in [-0.2, 0) is 6.54 Å². The summed E-state index contributed by atoms with van der Waals surface area (Å²) in [5.74, 6) is 0.617. The molecule has 0 aliphatic rings. The molecule has 0 aromatic carbocycles. The summed E-state index contributed by atoms with van der Waals surface area (Å²) in [5.41, 5.74) is 2.35. The third kappa shape index (κ3) is 2.62. The fourth-order valence-corrected chi connectivity index (χ4v) is 2.52. The molecule has 0 bridgehead atoms. The molecule has 4 nitrogen and oxygen atoms in total. The minimum atomic E-state index is -0.0829. The first-order valence-electron chi connectivity index (χ1n) is 6.13. The van der Waals surface area contributed by atoms with Gasteiger partial charge in [-0.15, -0.1) is 0 Å². The summed E-state index contributed by atoms with van der Waals surface area (Å²) >= 11 is 1.50. The van der Waals surface area contributed by atoms with Gasteiger partial charge >= 0.3 is 0 Å². The second kappa shape index (κ2) is 5.71. The smallest absolute Gasteiger partial charge is 0.252 e. The van der Waals surface area contributed by atoms with Gasteiger partial charge in [0, 0.05) is 29.2 Å². The highest BCUT2D eigenvalue weighted by Crippen LogP contribution is 2.21. The maximum atomic E-state index is 11.9. The fourth-order valence-electron chi connectivity index (χ4n) is 1.89. The van der Waals surface area contributed by atoms with Gasteiger partial charge < -0.3 is 9.73 Å². The zero-order chi connectivity index (χ0) is 13.8. The second-order valence-electron chi connectivity index (χ2n) is 4.18. The molecule has 0 fully saturated rings. The van der Waals surface area contributed by atoms with Gasteiger partial charge in [0.15, 0.2) is 5.76 Å². The average molecular weight is 284 g/mol. The molecule has 0 unspecified atom stereocenters. The maximum absolute atomic E-state index is 11.9. The highest BCUT2D eigenvalue weighted by molar-refractivity contribution is 7.08. The van der Waals surface area contributed by atoms with Gasteiger partial charge in [-0.3, -0.25) is 9.78 Å². The van der Waals surface area contributed by atoms with Crippen LogP contribution in [-0.4, -0.2) is 10.9 Å². The van der Waals surface area contributed by atoms with Crippen LogP contribution in [0.1, 0.15) is 15.9 Å². The first-order valence-corrected chi connectivity index (χ1v) is 7.07. The molecule has 0 aliphatic heterocycles. The molecule has 0 aliphatic carbocycles. The SMILES string of the molecule is O=C(NCc1cccnc1-c1ccco1)c1ccsc1. The molecule has 1 amide bonds. The van der Waals surface area contributed by atoms with E-state index in [1.165, 1.54) is 11.3 Å². The monoisotopic (exact) mass is 284 g/mol. The van der Waals surface area contributed by atoms with Crippen molar-refractivity contribution in [2.75, 3.05) is 0 Å². The number of nitrogens with zero attached hydrogens (tertiary/aromatic N) is 1. The van der Waals surface area contributed by atoms with E-state index in [4.69, 9.17) is 4.42 Å². The zero-order valence-electron chi connectivity index (χ0n) is 10.6. The number of amides is 1. The minimum Gasteiger partial charge on any atom is -0.463 e. The van der Waals surface area contributed by atoms with Gasteiger partial charge in [-0.05, 0) is 29.6 Å². The van der Waals surface area contributed by atoms with Crippen LogP contribution in [0.3, 0.4) is 0 Å². The van der Waals surface area contributed by atoms with Crippen LogP contribution >= 0.6 is 11.3 Å². The molecule has 20 heavy (non-hydrogen) atoms. The Kier molecular flexibility index (Phi) is 3.60. The molecule has 0 saturated heterocycles. The highest BCUT2D eigenvalue weighted by Gasteiger charge is 2.11. The predicted molar refractivity (Wildman–Crippen MR) is 77.4 cm³/mol. The quantitative estimate of drug-likeness (QED) is 0.799. The number of carbonyl (C=O) groups excluding carboxylic acids is 1.